The van der Waals surface area contributed by atoms with Crippen LogP contribution in [0.3, 0.4) is 0 Å². The van der Waals surface area contributed by atoms with E-state index in [0.717, 1.165) is 12.8 Å². The number of rotatable bonds is 10. The van der Waals surface area contributed by atoms with Crippen LogP contribution in [0.1, 0.15) is 37.7 Å². The van der Waals surface area contributed by atoms with Crippen molar-refractivity contribution in [3.63, 3.8) is 0 Å². The summed E-state index contributed by atoms with van der Waals surface area (Å²) in [6.07, 6.45) is 3.05. The van der Waals surface area contributed by atoms with Gasteiger partial charge in [0, 0.05) is 12.5 Å². The lowest BCUT2D eigenvalue weighted by Gasteiger charge is -2.21. The lowest BCUT2D eigenvalue weighted by Crippen LogP contribution is -2.50. The van der Waals surface area contributed by atoms with E-state index < -0.39 is 29.9 Å². The van der Waals surface area contributed by atoms with E-state index in [1.165, 1.54) is 18.2 Å². The van der Waals surface area contributed by atoms with Crippen molar-refractivity contribution < 1.29 is 28.3 Å². The molecule has 1 saturated carbocycles. The molecule has 3 N–H and O–H groups in total. The zero-order chi connectivity index (χ0) is 21.5. The van der Waals surface area contributed by atoms with Crippen LogP contribution in [0, 0.1) is 17.7 Å². The van der Waals surface area contributed by atoms with Gasteiger partial charge in [-0.2, -0.15) is 0 Å². The molecule has 1 aromatic carbocycles. The molecule has 1 saturated heterocycles. The Kier molecular flexibility index (Phi) is 7.37. The molecule has 0 spiro atoms. The Bertz CT molecular complexity index is 799. The Morgan fingerprint density at radius 2 is 2.03 bits per heavy atom. The van der Waals surface area contributed by atoms with Gasteiger partial charge in [-0.05, 0) is 42.9 Å². The van der Waals surface area contributed by atoms with Crippen molar-refractivity contribution in [3.8, 4) is 0 Å². The highest BCUT2D eigenvalue weighted by Gasteiger charge is 2.33. The Morgan fingerprint density at radius 1 is 1.23 bits per heavy atom. The van der Waals surface area contributed by atoms with Crippen LogP contribution in [0.25, 0.3) is 0 Å². The van der Waals surface area contributed by atoms with Crippen LogP contribution in [0.5, 0.6) is 0 Å². The van der Waals surface area contributed by atoms with E-state index >= 15 is 0 Å². The molecule has 3 rings (SSSR count). The first-order valence-electron chi connectivity index (χ1n) is 10.2. The fourth-order valence-corrected chi connectivity index (χ4v) is 3.49. The normalized spacial score (nSPS) is 20.0. The molecule has 1 aromatic rings. The first-order valence-corrected chi connectivity index (χ1v) is 10.2. The van der Waals surface area contributed by atoms with Crippen LogP contribution < -0.4 is 16.0 Å². The summed E-state index contributed by atoms with van der Waals surface area (Å²) < 4.78 is 18.3. The third-order valence-corrected chi connectivity index (χ3v) is 5.33. The van der Waals surface area contributed by atoms with Gasteiger partial charge in [0.2, 0.25) is 11.8 Å². The van der Waals surface area contributed by atoms with Crippen molar-refractivity contribution in [2.45, 2.75) is 50.8 Å². The third-order valence-electron chi connectivity index (χ3n) is 5.33. The molecule has 2 aliphatic rings. The fourth-order valence-electron chi connectivity index (χ4n) is 3.49. The minimum atomic E-state index is -0.850. The van der Waals surface area contributed by atoms with E-state index in [1.54, 1.807) is 6.07 Å². The highest BCUT2D eigenvalue weighted by Crippen LogP contribution is 2.33. The maximum Gasteiger partial charge on any atom is 0.408 e. The molecular formula is C21H26FN3O5. The number of amides is 3. The van der Waals surface area contributed by atoms with Gasteiger partial charge in [-0.1, -0.05) is 25.0 Å². The van der Waals surface area contributed by atoms with Crippen molar-refractivity contribution in [1.82, 2.24) is 16.0 Å². The van der Waals surface area contributed by atoms with Crippen LogP contribution in [0.4, 0.5) is 9.18 Å². The summed E-state index contributed by atoms with van der Waals surface area (Å²) in [6.45, 7) is 0.432. The van der Waals surface area contributed by atoms with Crippen molar-refractivity contribution in [1.29, 1.82) is 0 Å². The number of aldehydes is 1. The van der Waals surface area contributed by atoms with Gasteiger partial charge in [-0.25, -0.2) is 9.18 Å². The van der Waals surface area contributed by atoms with E-state index in [1.807, 2.05) is 0 Å². The molecule has 0 aromatic heterocycles. The molecule has 1 aliphatic heterocycles. The molecule has 9 heteroatoms. The number of ether oxygens (including phenoxy) is 1. The minimum Gasteiger partial charge on any atom is -0.445 e. The molecule has 0 radical (unpaired) electrons. The van der Waals surface area contributed by atoms with Gasteiger partial charge in [-0.3, -0.25) is 9.59 Å². The van der Waals surface area contributed by atoms with Crippen molar-refractivity contribution in [2.24, 2.45) is 11.8 Å². The highest BCUT2D eigenvalue weighted by molar-refractivity contribution is 5.88. The van der Waals surface area contributed by atoms with Crippen molar-refractivity contribution in [3.05, 3.63) is 35.6 Å². The number of hydrogen-bond donors (Lipinski definition) is 3. The van der Waals surface area contributed by atoms with E-state index in [4.69, 9.17) is 4.74 Å². The predicted molar refractivity (Wildman–Crippen MR) is 105 cm³/mol. The summed E-state index contributed by atoms with van der Waals surface area (Å²) in [6, 6.07) is 4.03. The van der Waals surface area contributed by atoms with Gasteiger partial charge in [0.1, 0.15) is 24.8 Å². The second-order valence-electron chi connectivity index (χ2n) is 7.85. The number of halogens is 1. The molecule has 3 atom stereocenters. The summed E-state index contributed by atoms with van der Waals surface area (Å²) in [5.41, 5.74) is 0.490. The van der Waals surface area contributed by atoms with E-state index in [2.05, 4.69) is 16.0 Å². The van der Waals surface area contributed by atoms with Gasteiger partial charge < -0.3 is 25.5 Å². The maximum absolute atomic E-state index is 13.2. The molecule has 0 bridgehead atoms. The molecule has 2 fully saturated rings. The molecule has 0 unspecified atom stereocenters. The smallest absolute Gasteiger partial charge is 0.408 e. The third kappa shape index (κ3) is 6.53. The van der Waals surface area contributed by atoms with Gasteiger partial charge in [0.25, 0.3) is 0 Å². The topological polar surface area (TPSA) is 114 Å². The first kappa shape index (κ1) is 21.7. The Morgan fingerprint density at radius 3 is 2.67 bits per heavy atom. The zero-order valence-electron chi connectivity index (χ0n) is 16.6. The molecule has 1 heterocycles. The number of alkyl carbamates (subject to hydrolysis) is 1. The second kappa shape index (κ2) is 10.2. The number of carbonyl (C=O) groups is 4. The Balaban J connectivity index is 1.52. The van der Waals surface area contributed by atoms with E-state index in [0.29, 0.717) is 37.2 Å². The molecule has 162 valence electrons. The molecule has 1 aliphatic carbocycles. The largest absolute Gasteiger partial charge is 0.445 e. The van der Waals surface area contributed by atoms with Gasteiger partial charge in [-0.15, -0.1) is 0 Å². The van der Waals surface area contributed by atoms with Crippen LogP contribution >= 0.6 is 0 Å². The zero-order valence-corrected chi connectivity index (χ0v) is 16.6. The van der Waals surface area contributed by atoms with Crippen molar-refractivity contribution in [2.75, 3.05) is 6.54 Å². The quantitative estimate of drug-likeness (QED) is 0.497. The lowest BCUT2D eigenvalue weighted by molar-refractivity contribution is -0.127. The number of hydrogen-bond acceptors (Lipinski definition) is 5. The fraction of sp³-hybridized carbons (Fsp3) is 0.524. The van der Waals surface area contributed by atoms with Crippen LogP contribution in [0.15, 0.2) is 24.3 Å². The molecular weight excluding hydrogens is 393 g/mol. The number of nitrogens with one attached hydrogen (secondary N) is 3. The van der Waals surface area contributed by atoms with Gasteiger partial charge in [0.05, 0.1) is 6.04 Å². The Labute approximate surface area is 173 Å². The van der Waals surface area contributed by atoms with Gasteiger partial charge in [0.15, 0.2) is 0 Å². The SMILES string of the molecule is O=C[C@H](C[C@@H]1CCNC1=O)NC(=O)[C@H](CC1CC1)NC(=O)OCc1cccc(F)c1. The summed E-state index contributed by atoms with van der Waals surface area (Å²) in [7, 11) is 0. The number of benzene rings is 1. The van der Waals surface area contributed by atoms with Gasteiger partial charge >= 0.3 is 6.09 Å². The predicted octanol–water partition coefficient (Wildman–Crippen LogP) is 1.43. The van der Waals surface area contributed by atoms with Crippen molar-refractivity contribution >= 4 is 24.2 Å². The lowest BCUT2D eigenvalue weighted by atomic mass is 9.98. The minimum absolute atomic E-state index is 0.121. The summed E-state index contributed by atoms with van der Waals surface area (Å²) in [5, 5.41) is 7.87. The Hall–Kier alpha value is -2.97. The summed E-state index contributed by atoms with van der Waals surface area (Å²) >= 11 is 0. The van der Waals surface area contributed by atoms with E-state index in [9.17, 15) is 23.6 Å². The molecule has 30 heavy (non-hydrogen) atoms. The maximum atomic E-state index is 13.2. The van der Waals surface area contributed by atoms with E-state index in [-0.39, 0.29) is 24.9 Å². The average molecular weight is 419 g/mol. The monoisotopic (exact) mass is 419 g/mol. The second-order valence-corrected chi connectivity index (χ2v) is 7.85. The number of carbonyl (C=O) groups excluding carboxylic acids is 4. The molecule has 3 amide bonds. The summed E-state index contributed by atoms with van der Waals surface area (Å²) in [5.74, 6) is -1.02. The average Bonchev–Trinajstić information content (AvgIpc) is 3.45. The summed E-state index contributed by atoms with van der Waals surface area (Å²) in [4.78, 5) is 48.0. The van der Waals surface area contributed by atoms with Crippen LogP contribution in [-0.4, -0.2) is 42.8 Å². The standard InChI is InChI=1S/C21H26FN3O5/c22-16-3-1-2-14(8-16)12-30-21(29)25-18(9-13-4-5-13)20(28)24-17(11-26)10-15-6-7-23-19(15)27/h1-3,8,11,13,15,17-18H,4-7,9-10,12H2,(H,23,27)(H,24,28)(H,25,29)/t15-,17-,18-/m0/s1. The molecule has 8 nitrogen and oxygen atoms in total. The highest BCUT2D eigenvalue weighted by atomic mass is 19.1. The van der Waals surface area contributed by atoms with Crippen LogP contribution in [-0.2, 0) is 25.7 Å². The first-order chi connectivity index (χ1) is 14.4. The van der Waals surface area contributed by atoms with Crippen LogP contribution in [0.2, 0.25) is 0 Å².